The van der Waals surface area contributed by atoms with E-state index in [0.29, 0.717) is 35.8 Å². The molecular weight excluding hydrogens is 638 g/mol. The van der Waals surface area contributed by atoms with Gasteiger partial charge in [-0.25, -0.2) is 4.79 Å². The number of carbonyl (C=O) groups excluding carboxylic acids is 2. The molecule has 0 radical (unpaired) electrons. The first-order chi connectivity index (χ1) is 23.4. The number of hydrogen-bond donors (Lipinski definition) is 1. The van der Waals surface area contributed by atoms with Crippen LogP contribution in [0.3, 0.4) is 0 Å². The molecule has 2 aromatic carbocycles. The summed E-state index contributed by atoms with van der Waals surface area (Å²) in [4.78, 5) is 47.6. The number of amides is 1. The van der Waals surface area contributed by atoms with Gasteiger partial charge in [-0.05, 0) is 86.6 Å². The largest absolute Gasteiger partial charge is 0.493 e. The van der Waals surface area contributed by atoms with Crippen molar-refractivity contribution >= 4 is 11.9 Å². The number of fused-ring (bicyclic) bond motifs is 3. The average Bonchev–Trinajstić information content (AvgIpc) is 3.21. The maximum atomic E-state index is 13.0. The lowest BCUT2D eigenvalue weighted by atomic mass is 9.92. The molecule has 6 atom stereocenters. The van der Waals surface area contributed by atoms with E-state index in [9.17, 15) is 9.59 Å². The molecule has 1 aliphatic heterocycles. The quantitative estimate of drug-likeness (QED) is 0.116. The van der Waals surface area contributed by atoms with Crippen LogP contribution in [0.4, 0.5) is 0 Å². The second-order valence-corrected chi connectivity index (χ2v) is 12.4. The molecule has 0 saturated carbocycles. The van der Waals surface area contributed by atoms with Crippen LogP contribution in [0.1, 0.15) is 65.1 Å². The molecule has 0 spiro atoms. The zero-order chi connectivity index (χ0) is 35.8. The lowest BCUT2D eigenvalue weighted by Crippen LogP contribution is -2.59. The number of nitrogens with one attached hydrogen (secondary N) is 1. The van der Waals surface area contributed by atoms with Crippen LogP contribution in [-0.4, -0.2) is 64.9 Å². The van der Waals surface area contributed by atoms with Crippen molar-refractivity contribution in [2.75, 3.05) is 28.4 Å². The number of benzene rings is 2. The van der Waals surface area contributed by atoms with Crippen LogP contribution < -0.4 is 24.3 Å². The minimum atomic E-state index is -1.30. The standard InChI is InChI=1S/C36H47NO12/c1-19(2)17-44-48-30-21(5)36(47-34(35(39)43-10)33(30)49-45-18-20(3)4)46-24-12-13-25-26(16-24)27(37-22(6)38)14-11-23-15-28(40-7)31(41-8)32(42-9)29(23)25/h12-13,15-18,21,27,30,33-34,36H,11,14H2,1-10H3,(H,37,38)/t21-,27+,30-,33+,34+,36+/m1/s1. The van der Waals surface area contributed by atoms with Crippen molar-refractivity contribution in [2.45, 2.75) is 85.0 Å². The fourth-order valence-electron chi connectivity index (χ4n) is 5.85. The minimum absolute atomic E-state index is 0.182. The van der Waals surface area contributed by atoms with Gasteiger partial charge in [0.25, 0.3) is 0 Å². The van der Waals surface area contributed by atoms with Gasteiger partial charge in [0, 0.05) is 12.5 Å². The Balaban J connectivity index is 1.77. The van der Waals surface area contributed by atoms with Gasteiger partial charge in [0.05, 0.1) is 40.4 Å². The molecule has 0 unspecified atom stereocenters. The van der Waals surface area contributed by atoms with E-state index in [-0.39, 0.29) is 11.9 Å². The Morgan fingerprint density at radius 2 is 1.51 bits per heavy atom. The van der Waals surface area contributed by atoms with Crippen molar-refractivity contribution < 1.29 is 57.6 Å². The Kier molecular flexibility index (Phi) is 12.8. The highest BCUT2D eigenvalue weighted by Gasteiger charge is 2.52. The number of esters is 1. The van der Waals surface area contributed by atoms with Gasteiger partial charge >= 0.3 is 5.97 Å². The van der Waals surface area contributed by atoms with Crippen LogP contribution >= 0.6 is 0 Å². The molecule has 1 saturated heterocycles. The van der Waals surface area contributed by atoms with Gasteiger partial charge in [-0.2, -0.15) is 9.78 Å². The Bertz CT molecular complexity index is 1540. The summed E-state index contributed by atoms with van der Waals surface area (Å²) in [6, 6.07) is 7.10. The molecule has 2 aromatic rings. The predicted molar refractivity (Wildman–Crippen MR) is 178 cm³/mol. The van der Waals surface area contributed by atoms with E-state index in [2.05, 4.69) is 5.32 Å². The zero-order valence-corrected chi connectivity index (χ0v) is 29.7. The Morgan fingerprint density at radius 1 is 0.857 bits per heavy atom. The summed E-state index contributed by atoms with van der Waals surface area (Å²) in [5.41, 5.74) is 5.09. The lowest BCUT2D eigenvalue weighted by Gasteiger charge is -2.41. The highest BCUT2D eigenvalue weighted by atomic mass is 17.2. The summed E-state index contributed by atoms with van der Waals surface area (Å²) in [5.74, 6) is 0.466. The van der Waals surface area contributed by atoms with E-state index in [1.165, 1.54) is 26.6 Å². The molecule has 1 aliphatic carbocycles. The number of carbonyl (C=O) groups is 2. The van der Waals surface area contributed by atoms with Crippen molar-refractivity contribution in [3.8, 4) is 34.1 Å². The third-order valence-corrected chi connectivity index (χ3v) is 8.10. The first kappa shape index (κ1) is 37.4. The maximum Gasteiger partial charge on any atom is 0.338 e. The van der Waals surface area contributed by atoms with Gasteiger partial charge < -0.3 is 43.5 Å². The Labute approximate surface area is 287 Å². The van der Waals surface area contributed by atoms with Crippen molar-refractivity contribution in [3.63, 3.8) is 0 Å². The highest BCUT2D eigenvalue weighted by Crippen LogP contribution is 2.51. The molecule has 1 heterocycles. The van der Waals surface area contributed by atoms with Crippen LogP contribution in [0.2, 0.25) is 0 Å². The summed E-state index contributed by atoms with van der Waals surface area (Å²) < 4.78 is 34.9. The smallest absolute Gasteiger partial charge is 0.338 e. The summed E-state index contributed by atoms with van der Waals surface area (Å²) >= 11 is 0. The number of aryl methyl sites for hydroxylation is 1. The van der Waals surface area contributed by atoms with Gasteiger partial charge in [-0.3, -0.25) is 4.79 Å². The number of methoxy groups -OCH3 is 4. The molecular formula is C36H47NO12. The van der Waals surface area contributed by atoms with Crippen molar-refractivity contribution in [1.82, 2.24) is 5.32 Å². The molecule has 1 N–H and O–H groups in total. The van der Waals surface area contributed by atoms with Crippen LogP contribution in [0.25, 0.3) is 11.1 Å². The molecule has 1 fully saturated rings. The van der Waals surface area contributed by atoms with Gasteiger partial charge in [0.2, 0.25) is 17.9 Å². The third kappa shape index (κ3) is 8.59. The SMILES string of the molecule is COC(=O)[C@H]1O[C@H](Oc2ccc3c(c2)[C@@H](NC(C)=O)CCc2cc(OC)c(OC)c(OC)c2-3)[C@H](C)[C@@H](OOC=C(C)C)[C@@H]1OOC=C(C)C. The molecule has 49 heavy (non-hydrogen) atoms. The molecule has 4 rings (SSSR count). The van der Waals surface area contributed by atoms with E-state index in [0.717, 1.165) is 33.4 Å². The summed E-state index contributed by atoms with van der Waals surface area (Å²) in [6.45, 7) is 10.6. The monoisotopic (exact) mass is 685 g/mol. The molecule has 13 nitrogen and oxygen atoms in total. The predicted octanol–water partition coefficient (Wildman–Crippen LogP) is 5.90. The Morgan fingerprint density at radius 3 is 2.08 bits per heavy atom. The van der Waals surface area contributed by atoms with E-state index < -0.39 is 36.5 Å². The fraction of sp³-hybridized carbons (Fsp3) is 0.500. The molecule has 0 aromatic heterocycles. The molecule has 0 bridgehead atoms. The molecule has 268 valence electrons. The number of ether oxygens (including phenoxy) is 6. The highest BCUT2D eigenvalue weighted by molar-refractivity contribution is 5.84. The third-order valence-electron chi connectivity index (χ3n) is 8.10. The first-order valence-electron chi connectivity index (χ1n) is 16.0. The summed E-state index contributed by atoms with van der Waals surface area (Å²) in [5, 5.41) is 3.08. The van der Waals surface area contributed by atoms with Crippen molar-refractivity contribution in [2.24, 2.45) is 5.92 Å². The Hall–Kier alpha value is -4.46. The van der Waals surface area contributed by atoms with E-state index >= 15 is 0 Å². The first-order valence-corrected chi connectivity index (χ1v) is 16.0. The second kappa shape index (κ2) is 16.8. The minimum Gasteiger partial charge on any atom is -0.493 e. The molecule has 2 aliphatic rings. The number of allylic oxidation sites excluding steroid dienone is 2. The summed E-state index contributed by atoms with van der Waals surface area (Å²) in [6.07, 6.45) is -0.284. The van der Waals surface area contributed by atoms with Crippen molar-refractivity contribution in [3.05, 3.63) is 59.1 Å². The van der Waals surface area contributed by atoms with Crippen molar-refractivity contribution in [1.29, 1.82) is 0 Å². The van der Waals surface area contributed by atoms with E-state index in [1.54, 1.807) is 27.4 Å². The normalized spacial score (nSPS) is 22.6. The lowest BCUT2D eigenvalue weighted by molar-refractivity contribution is -0.406. The zero-order valence-electron chi connectivity index (χ0n) is 29.7. The van der Waals surface area contributed by atoms with Crippen LogP contribution in [-0.2, 0) is 45.0 Å². The molecule has 1 amide bonds. The van der Waals surface area contributed by atoms with Gasteiger partial charge in [0.1, 0.15) is 24.4 Å². The van der Waals surface area contributed by atoms with Gasteiger partial charge in [-0.1, -0.05) is 13.0 Å². The van der Waals surface area contributed by atoms with Crippen LogP contribution in [0, 0.1) is 5.92 Å². The molecule has 13 heteroatoms. The maximum absolute atomic E-state index is 13.0. The fourth-order valence-corrected chi connectivity index (χ4v) is 5.85. The van der Waals surface area contributed by atoms with Gasteiger partial charge in [-0.15, -0.1) is 0 Å². The topological polar surface area (TPSA) is 138 Å². The summed E-state index contributed by atoms with van der Waals surface area (Å²) in [7, 11) is 5.95. The van der Waals surface area contributed by atoms with Gasteiger partial charge in [0.15, 0.2) is 23.7 Å². The average molecular weight is 686 g/mol. The van der Waals surface area contributed by atoms with E-state index in [1.807, 2.05) is 52.8 Å². The number of hydrogen-bond acceptors (Lipinski definition) is 12. The second-order valence-electron chi connectivity index (χ2n) is 12.4. The van der Waals surface area contributed by atoms with E-state index in [4.69, 9.17) is 48.0 Å². The van der Waals surface area contributed by atoms with Crippen LogP contribution in [0.5, 0.6) is 23.0 Å². The number of rotatable bonds is 13. The van der Waals surface area contributed by atoms with Crippen LogP contribution in [0.15, 0.2) is 47.9 Å².